The highest BCUT2D eigenvalue weighted by atomic mass is 19.1. The Hall–Kier alpha value is -4.28. The van der Waals surface area contributed by atoms with Crippen molar-refractivity contribution in [2.45, 2.75) is 25.4 Å². The summed E-state index contributed by atoms with van der Waals surface area (Å²) in [5.74, 6) is -1.94. The number of piperazine rings is 1. The van der Waals surface area contributed by atoms with Gasteiger partial charge in [-0.25, -0.2) is 4.39 Å². The molecule has 5 heterocycles. The molecule has 6 rings (SSSR count). The summed E-state index contributed by atoms with van der Waals surface area (Å²) in [7, 11) is 0. The Morgan fingerprint density at radius 3 is 2.67 bits per heavy atom. The molecule has 11 heteroatoms. The van der Waals surface area contributed by atoms with E-state index in [0.717, 1.165) is 11.0 Å². The molecule has 0 bridgehead atoms. The molecule has 1 unspecified atom stereocenters. The summed E-state index contributed by atoms with van der Waals surface area (Å²) in [6.45, 7) is 1.95. The zero-order valence-electron chi connectivity index (χ0n) is 19.3. The standard InChI is InChI=1S/C25H23FN6O4/c26-15-10-16-17(13-32(25(16)36)20-1-2-22(33)29-23(20)34)21(11-15)30-5-7-31(8-6-30)24(35)14-9-19-18(28-12-14)3-4-27-19/h3-4,9-12,20,27H,1-2,5-8,13H2,(H,29,33,34). The van der Waals surface area contributed by atoms with Gasteiger partial charge < -0.3 is 19.7 Å². The van der Waals surface area contributed by atoms with E-state index in [1.54, 1.807) is 23.4 Å². The minimum atomic E-state index is -0.765. The average Bonchev–Trinajstić information content (AvgIpc) is 3.47. The average molecular weight is 490 g/mol. The minimum Gasteiger partial charge on any atom is -0.368 e. The number of nitrogens with zero attached hydrogens (tertiary/aromatic N) is 4. The van der Waals surface area contributed by atoms with Gasteiger partial charge in [-0.2, -0.15) is 0 Å². The molecule has 10 nitrogen and oxygen atoms in total. The number of nitrogens with one attached hydrogen (secondary N) is 2. The van der Waals surface area contributed by atoms with Gasteiger partial charge in [0.15, 0.2) is 0 Å². The fraction of sp³-hybridized carbons (Fsp3) is 0.320. The van der Waals surface area contributed by atoms with Crippen molar-refractivity contribution in [2.24, 2.45) is 0 Å². The number of imide groups is 1. The number of anilines is 1. The lowest BCUT2D eigenvalue weighted by Gasteiger charge is -2.37. The number of fused-ring (bicyclic) bond motifs is 2. The number of piperidine rings is 1. The third-order valence-electron chi connectivity index (χ3n) is 7.15. The number of aromatic nitrogens is 2. The molecule has 3 aliphatic heterocycles. The minimum absolute atomic E-state index is 0.123. The quantitative estimate of drug-likeness (QED) is 0.536. The number of amides is 4. The van der Waals surface area contributed by atoms with Gasteiger partial charge in [-0.3, -0.25) is 29.5 Å². The maximum Gasteiger partial charge on any atom is 0.255 e. The SMILES string of the molecule is O=C1CCC(N2Cc3c(cc(F)cc3N3CCN(C(=O)c4cnc5cc[nH]c5c4)CC3)C2=O)C(=O)N1. The van der Waals surface area contributed by atoms with Crippen LogP contribution >= 0.6 is 0 Å². The number of carbonyl (C=O) groups excluding carboxylic acids is 4. The lowest BCUT2D eigenvalue weighted by molar-refractivity contribution is -0.136. The molecule has 3 aromatic rings. The summed E-state index contributed by atoms with van der Waals surface area (Å²) in [5, 5.41) is 2.28. The molecule has 184 valence electrons. The Labute approximate surface area is 205 Å². The number of H-pyrrole nitrogens is 1. The first-order valence-corrected chi connectivity index (χ1v) is 11.8. The maximum absolute atomic E-state index is 14.6. The lowest BCUT2D eigenvalue weighted by atomic mass is 10.0. The largest absolute Gasteiger partial charge is 0.368 e. The second kappa shape index (κ2) is 8.43. The number of hydrogen-bond acceptors (Lipinski definition) is 6. The van der Waals surface area contributed by atoms with Crippen molar-refractivity contribution in [2.75, 3.05) is 31.1 Å². The van der Waals surface area contributed by atoms with E-state index in [-0.39, 0.29) is 36.8 Å². The van der Waals surface area contributed by atoms with Crippen molar-refractivity contribution in [3.05, 3.63) is 59.2 Å². The van der Waals surface area contributed by atoms with Crippen LogP contribution in [0.1, 0.15) is 39.1 Å². The van der Waals surface area contributed by atoms with Crippen LogP contribution < -0.4 is 10.2 Å². The van der Waals surface area contributed by atoms with Crippen molar-refractivity contribution in [3.63, 3.8) is 0 Å². The third kappa shape index (κ3) is 3.67. The number of carbonyl (C=O) groups is 4. The predicted octanol–water partition coefficient (Wildman–Crippen LogP) is 1.43. The first-order chi connectivity index (χ1) is 17.4. The fourth-order valence-corrected chi connectivity index (χ4v) is 5.27. The Balaban J connectivity index is 1.19. The van der Waals surface area contributed by atoms with Gasteiger partial charge in [-0.15, -0.1) is 0 Å². The van der Waals surface area contributed by atoms with Crippen LogP contribution in [0, 0.1) is 5.82 Å². The van der Waals surface area contributed by atoms with Gasteiger partial charge in [-0.05, 0) is 30.7 Å². The highest BCUT2D eigenvalue weighted by molar-refractivity contribution is 6.06. The van der Waals surface area contributed by atoms with E-state index in [2.05, 4.69) is 15.3 Å². The smallest absolute Gasteiger partial charge is 0.255 e. The number of halogens is 1. The molecular weight excluding hydrogens is 467 g/mol. The molecule has 4 amide bonds. The van der Waals surface area contributed by atoms with Gasteiger partial charge in [0.25, 0.3) is 11.8 Å². The van der Waals surface area contributed by atoms with E-state index >= 15 is 0 Å². The number of pyridine rings is 1. The van der Waals surface area contributed by atoms with Gasteiger partial charge in [0.05, 0.1) is 16.6 Å². The van der Waals surface area contributed by atoms with Crippen LogP contribution in [0.15, 0.2) is 36.7 Å². The zero-order chi connectivity index (χ0) is 25.0. The van der Waals surface area contributed by atoms with Crippen LogP contribution in [0.5, 0.6) is 0 Å². The van der Waals surface area contributed by atoms with Gasteiger partial charge in [0, 0.05) is 68.4 Å². The number of aromatic amines is 1. The highest BCUT2D eigenvalue weighted by Gasteiger charge is 2.41. The molecular formula is C25H23FN6O4. The molecule has 0 radical (unpaired) electrons. The molecule has 0 spiro atoms. The summed E-state index contributed by atoms with van der Waals surface area (Å²) < 4.78 is 14.6. The van der Waals surface area contributed by atoms with Crippen LogP contribution in [0.25, 0.3) is 11.0 Å². The summed E-state index contributed by atoms with van der Waals surface area (Å²) in [5.41, 5.74) is 3.56. The third-order valence-corrected chi connectivity index (χ3v) is 7.15. The van der Waals surface area contributed by atoms with Crippen molar-refractivity contribution in [1.82, 2.24) is 25.1 Å². The van der Waals surface area contributed by atoms with Crippen molar-refractivity contribution < 1.29 is 23.6 Å². The lowest BCUT2D eigenvalue weighted by Crippen LogP contribution is -2.52. The topological polar surface area (TPSA) is 119 Å². The summed E-state index contributed by atoms with van der Waals surface area (Å²) >= 11 is 0. The van der Waals surface area contributed by atoms with Crippen LogP contribution in [-0.2, 0) is 16.1 Å². The Bertz CT molecular complexity index is 1430. The van der Waals surface area contributed by atoms with Crippen molar-refractivity contribution in [3.8, 4) is 0 Å². The number of hydrogen-bond donors (Lipinski definition) is 2. The van der Waals surface area contributed by atoms with Gasteiger partial charge in [0.2, 0.25) is 11.8 Å². The normalized spacial score (nSPS) is 20.2. The molecule has 3 aliphatic rings. The number of rotatable bonds is 3. The van der Waals surface area contributed by atoms with Crippen LogP contribution in [0.3, 0.4) is 0 Å². The molecule has 2 fully saturated rings. The maximum atomic E-state index is 14.6. The second-order valence-electron chi connectivity index (χ2n) is 9.26. The first-order valence-electron chi connectivity index (χ1n) is 11.8. The molecule has 2 aromatic heterocycles. The Kier molecular flexibility index (Phi) is 5.20. The van der Waals surface area contributed by atoms with Crippen LogP contribution in [0.2, 0.25) is 0 Å². The van der Waals surface area contributed by atoms with Gasteiger partial charge >= 0.3 is 0 Å². The monoisotopic (exact) mass is 490 g/mol. The van der Waals surface area contributed by atoms with E-state index in [4.69, 9.17) is 0 Å². The van der Waals surface area contributed by atoms with Crippen LogP contribution in [0.4, 0.5) is 10.1 Å². The fourth-order valence-electron chi connectivity index (χ4n) is 5.27. The first kappa shape index (κ1) is 22.2. The summed E-state index contributed by atoms with van der Waals surface area (Å²) in [6, 6.07) is 5.47. The van der Waals surface area contributed by atoms with E-state index in [1.807, 2.05) is 11.0 Å². The summed E-state index contributed by atoms with van der Waals surface area (Å²) in [4.78, 5) is 62.5. The predicted molar refractivity (Wildman–Crippen MR) is 127 cm³/mol. The highest BCUT2D eigenvalue weighted by Crippen LogP contribution is 2.35. The van der Waals surface area contributed by atoms with E-state index in [9.17, 15) is 23.6 Å². The Morgan fingerprint density at radius 1 is 1.08 bits per heavy atom. The molecule has 0 aliphatic carbocycles. The van der Waals surface area contributed by atoms with Crippen LogP contribution in [-0.4, -0.2) is 75.6 Å². The number of benzene rings is 1. The molecule has 1 aromatic carbocycles. The van der Waals surface area contributed by atoms with E-state index in [1.165, 1.54) is 17.0 Å². The molecule has 0 saturated carbocycles. The summed E-state index contributed by atoms with van der Waals surface area (Å²) in [6.07, 6.45) is 3.74. The molecule has 1 atom stereocenters. The van der Waals surface area contributed by atoms with Gasteiger partial charge in [0.1, 0.15) is 11.9 Å². The second-order valence-corrected chi connectivity index (χ2v) is 9.26. The van der Waals surface area contributed by atoms with Crippen molar-refractivity contribution >= 4 is 40.3 Å². The molecule has 36 heavy (non-hydrogen) atoms. The molecule has 2 N–H and O–H groups in total. The van der Waals surface area contributed by atoms with E-state index < -0.39 is 23.7 Å². The van der Waals surface area contributed by atoms with E-state index in [0.29, 0.717) is 43.0 Å². The van der Waals surface area contributed by atoms with Gasteiger partial charge in [-0.1, -0.05) is 0 Å². The van der Waals surface area contributed by atoms with Crippen molar-refractivity contribution in [1.29, 1.82) is 0 Å². The zero-order valence-corrected chi connectivity index (χ0v) is 19.3. The Morgan fingerprint density at radius 2 is 1.89 bits per heavy atom. The molecule has 2 saturated heterocycles.